The summed E-state index contributed by atoms with van der Waals surface area (Å²) in [5.41, 5.74) is 2.91. The third kappa shape index (κ3) is 7.41. The lowest BCUT2D eigenvalue weighted by molar-refractivity contribution is -0.00000706. The van der Waals surface area contributed by atoms with E-state index in [2.05, 4.69) is 122 Å². The van der Waals surface area contributed by atoms with Crippen LogP contribution in [0, 0.1) is 0 Å². The molecule has 188 valence electrons. The van der Waals surface area contributed by atoms with Crippen molar-refractivity contribution >= 4 is 23.2 Å². The van der Waals surface area contributed by atoms with Crippen LogP contribution in [0.4, 0.5) is 0 Å². The van der Waals surface area contributed by atoms with Crippen LogP contribution in [0.25, 0.3) is 0 Å². The molecule has 0 bridgehead atoms. The summed E-state index contributed by atoms with van der Waals surface area (Å²) >= 11 is 0. The molecule has 0 amide bonds. The Bertz CT molecular complexity index is 1010. The van der Waals surface area contributed by atoms with Crippen LogP contribution in [-0.2, 0) is 12.6 Å². The van der Waals surface area contributed by atoms with Gasteiger partial charge in [-0.3, -0.25) is 0 Å². The zero-order chi connectivity index (χ0) is 24.2. The molecule has 0 fully saturated rings. The molecule has 0 aliphatic rings. The number of halogens is 1. The Hall–Kier alpha value is -2.21. The second-order valence-electron chi connectivity index (χ2n) is 9.66. The zero-order valence-corrected chi connectivity index (χ0v) is 24.1. The summed E-state index contributed by atoms with van der Waals surface area (Å²) < 4.78 is 0. The van der Waals surface area contributed by atoms with Gasteiger partial charge in [-0.1, -0.05) is 124 Å². The number of hydrogen-bond donors (Lipinski definition) is 0. The van der Waals surface area contributed by atoms with Crippen molar-refractivity contribution in [2.75, 3.05) is 0 Å². The topological polar surface area (TPSA) is 0 Å². The summed E-state index contributed by atoms with van der Waals surface area (Å²) in [6.45, 7) is 2.29. The maximum atomic E-state index is 2.39. The highest BCUT2D eigenvalue weighted by Gasteiger charge is 2.45. The van der Waals surface area contributed by atoms with Gasteiger partial charge in [-0.15, -0.1) is 0 Å². The van der Waals surface area contributed by atoms with Gasteiger partial charge in [-0.25, -0.2) is 0 Å². The molecule has 2 heteroatoms. The van der Waals surface area contributed by atoms with E-state index in [1.54, 1.807) is 0 Å². The summed E-state index contributed by atoms with van der Waals surface area (Å²) in [6, 6.07) is 43.1. The minimum Gasteiger partial charge on any atom is -1.00 e. The van der Waals surface area contributed by atoms with Crippen LogP contribution in [0.1, 0.15) is 63.0 Å². The van der Waals surface area contributed by atoms with E-state index in [0.29, 0.717) is 0 Å². The summed E-state index contributed by atoms with van der Waals surface area (Å²) in [5.74, 6) is 0. The lowest BCUT2D eigenvalue weighted by Crippen LogP contribution is -3.00. The van der Waals surface area contributed by atoms with Gasteiger partial charge in [0, 0.05) is 0 Å². The van der Waals surface area contributed by atoms with E-state index in [1.165, 1.54) is 78.4 Å². The maximum absolute atomic E-state index is 2.39. The van der Waals surface area contributed by atoms with E-state index in [0.717, 1.165) is 6.16 Å². The fourth-order valence-electron chi connectivity index (χ4n) is 5.14. The van der Waals surface area contributed by atoms with Crippen LogP contribution in [0.3, 0.4) is 0 Å². The smallest absolute Gasteiger partial charge is 0.116 e. The summed E-state index contributed by atoms with van der Waals surface area (Å²) in [7, 11) is -1.83. The van der Waals surface area contributed by atoms with Crippen molar-refractivity contribution in [3.8, 4) is 0 Å². The number of aryl methyl sites for hydroxylation is 1. The fourth-order valence-corrected chi connectivity index (χ4v) is 9.38. The summed E-state index contributed by atoms with van der Waals surface area (Å²) in [5, 5.41) is 4.35. The predicted octanol–water partition coefficient (Wildman–Crippen LogP) is 5.48. The number of rotatable bonds is 13. The Balaban J connectivity index is 0.00000361. The summed E-state index contributed by atoms with van der Waals surface area (Å²) in [6.07, 6.45) is 11.8. The minimum absolute atomic E-state index is 0. The standard InChI is InChI=1S/C34H40P.BrH/c1-2-3-4-5-6-7-11-18-30-25-27-31(28-26-30)29-35(32-19-12-8-13-20-32,33-21-14-9-15-22-33)34-23-16-10-17-24-34;/h8-10,12-17,19-28H,2-7,11,18,29H2,1H3;1H/q+1;/p-1. The molecular weight excluding hydrogens is 519 g/mol. The lowest BCUT2D eigenvalue weighted by Gasteiger charge is -2.28. The van der Waals surface area contributed by atoms with Gasteiger partial charge >= 0.3 is 0 Å². The Morgan fingerprint density at radius 2 is 0.833 bits per heavy atom. The first-order valence-corrected chi connectivity index (χ1v) is 15.4. The van der Waals surface area contributed by atoms with Gasteiger partial charge in [-0.05, 0) is 60.4 Å². The van der Waals surface area contributed by atoms with Crippen molar-refractivity contribution in [2.24, 2.45) is 0 Å². The number of hydrogen-bond acceptors (Lipinski definition) is 0. The molecule has 0 aliphatic heterocycles. The first kappa shape index (κ1) is 28.4. The van der Waals surface area contributed by atoms with E-state index >= 15 is 0 Å². The molecule has 0 spiro atoms. The molecule has 0 N–H and O–H groups in total. The zero-order valence-electron chi connectivity index (χ0n) is 21.7. The first-order chi connectivity index (χ1) is 17.3. The SMILES string of the molecule is CCCCCCCCCc1ccc(C[P+](c2ccccc2)(c2ccccc2)c2ccccc2)cc1.[Br-]. The molecule has 0 unspecified atom stereocenters. The molecule has 0 heterocycles. The van der Waals surface area contributed by atoms with Crippen molar-refractivity contribution in [2.45, 2.75) is 64.5 Å². The maximum Gasteiger partial charge on any atom is 0.116 e. The molecule has 0 saturated carbocycles. The van der Waals surface area contributed by atoms with Crippen LogP contribution < -0.4 is 32.9 Å². The van der Waals surface area contributed by atoms with Gasteiger partial charge in [0.15, 0.2) is 0 Å². The lowest BCUT2D eigenvalue weighted by atomic mass is 10.0. The molecule has 0 aromatic heterocycles. The van der Waals surface area contributed by atoms with Crippen molar-refractivity contribution < 1.29 is 17.0 Å². The number of benzene rings is 4. The van der Waals surface area contributed by atoms with Crippen molar-refractivity contribution in [1.82, 2.24) is 0 Å². The van der Waals surface area contributed by atoms with Crippen LogP contribution in [0.2, 0.25) is 0 Å². The van der Waals surface area contributed by atoms with Crippen molar-refractivity contribution in [3.05, 3.63) is 126 Å². The van der Waals surface area contributed by atoms with E-state index in [9.17, 15) is 0 Å². The molecule has 0 saturated heterocycles. The van der Waals surface area contributed by atoms with Crippen molar-refractivity contribution in [3.63, 3.8) is 0 Å². The Morgan fingerprint density at radius 3 is 1.28 bits per heavy atom. The molecule has 4 aromatic carbocycles. The molecule has 0 nitrogen and oxygen atoms in total. The minimum atomic E-state index is -1.83. The molecule has 0 aliphatic carbocycles. The van der Waals surface area contributed by atoms with Gasteiger partial charge in [-0.2, -0.15) is 0 Å². The van der Waals surface area contributed by atoms with Gasteiger partial charge < -0.3 is 17.0 Å². The van der Waals surface area contributed by atoms with E-state index in [4.69, 9.17) is 0 Å². The third-order valence-electron chi connectivity index (χ3n) is 7.10. The van der Waals surface area contributed by atoms with Crippen LogP contribution in [0.15, 0.2) is 115 Å². The van der Waals surface area contributed by atoms with E-state index in [-0.39, 0.29) is 17.0 Å². The molecule has 36 heavy (non-hydrogen) atoms. The molecular formula is C34H40BrP. The summed E-state index contributed by atoms with van der Waals surface area (Å²) in [4.78, 5) is 0. The Kier molecular flexibility index (Phi) is 11.9. The van der Waals surface area contributed by atoms with Crippen LogP contribution in [0.5, 0.6) is 0 Å². The highest BCUT2D eigenvalue weighted by atomic mass is 79.9. The molecule has 4 rings (SSSR count). The Labute approximate surface area is 230 Å². The predicted molar refractivity (Wildman–Crippen MR) is 157 cm³/mol. The average Bonchev–Trinajstić information content (AvgIpc) is 2.93. The molecule has 0 atom stereocenters. The third-order valence-corrected chi connectivity index (χ3v) is 11.5. The molecule has 0 radical (unpaired) electrons. The second-order valence-corrected chi connectivity index (χ2v) is 13.1. The highest BCUT2D eigenvalue weighted by molar-refractivity contribution is 7.95. The van der Waals surface area contributed by atoms with Gasteiger partial charge in [0.1, 0.15) is 23.2 Å². The van der Waals surface area contributed by atoms with Gasteiger partial charge in [0.05, 0.1) is 6.16 Å². The van der Waals surface area contributed by atoms with Crippen molar-refractivity contribution in [1.29, 1.82) is 0 Å². The number of unbranched alkanes of at least 4 members (excludes halogenated alkanes) is 6. The van der Waals surface area contributed by atoms with Gasteiger partial charge in [0.25, 0.3) is 0 Å². The van der Waals surface area contributed by atoms with Crippen LogP contribution in [-0.4, -0.2) is 0 Å². The average molecular weight is 560 g/mol. The largest absolute Gasteiger partial charge is 1.00 e. The molecule has 4 aromatic rings. The fraction of sp³-hybridized carbons (Fsp3) is 0.294. The normalized spacial score (nSPS) is 11.1. The monoisotopic (exact) mass is 558 g/mol. The highest BCUT2D eigenvalue weighted by Crippen LogP contribution is 2.58. The van der Waals surface area contributed by atoms with E-state index < -0.39 is 7.26 Å². The Morgan fingerprint density at radius 1 is 0.444 bits per heavy atom. The van der Waals surface area contributed by atoms with Gasteiger partial charge in [0.2, 0.25) is 0 Å². The van der Waals surface area contributed by atoms with E-state index in [1.807, 2.05) is 0 Å². The quantitative estimate of drug-likeness (QED) is 0.150. The first-order valence-electron chi connectivity index (χ1n) is 13.5. The second kappa shape index (κ2) is 15.1. The van der Waals surface area contributed by atoms with Crippen LogP contribution >= 0.6 is 7.26 Å².